The van der Waals surface area contributed by atoms with Crippen molar-refractivity contribution in [3.05, 3.63) is 0 Å². The van der Waals surface area contributed by atoms with Crippen molar-refractivity contribution in [2.45, 2.75) is 39.7 Å². The van der Waals surface area contributed by atoms with E-state index >= 15 is 0 Å². The lowest BCUT2D eigenvalue weighted by Gasteiger charge is -2.33. The maximum Gasteiger partial charge on any atom is 0.407 e. The topological polar surface area (TPSA) is 41.6 Å². The molecule has 4 heteroatoms. The van der Waals surface area contributed by atoms with Gasteiger partial charge in [-0.2, -0.15) is 0 Å². The second-order valence-electron chi connectivity index (χ2n) is 4.86. The maximum absolute atomic E-state index is 11.3. The number of amides is 1. The molecule has 0 unspecified atom stereocenters. The molecule has 1 N–H and O–H groups in total. The molecule has 0 aromatic heterocycles. The number of hydrogen-bond acceptors (Lipinski definition) is 3. The van der Waals surface area contributed by atoms with Crippen LogP contribution in [0.1, 0.15) is 33.6 Å². The fourth-order valence-corrected chi connectivity index (χ4v) is 2.20. The Labute approximate surface area is 98.3 Å². The Morgan fingerprint density at radius 2 is 2.31 bits per heavy atom. The summed E-state index contributed by atoms with van der Waals surface area (Å²) in [7, 11) is 0. The fourth-order valence-electron chi connectivity index (χ4n) is 2.20. The van der Waals surface area contributed by atoms with Gasteiger partial charge in [0.25, 0.3) is 0 Å². The first kappa shape index (κ1) is 13.3. The van der Waals surface area contributed by atoms with E-state index in [0.717, 1.165) is 32.5 Å². The van der Waals surface area contributed by atoms with Crippen LogP contribution < -0.4 is 5.32 Å². The van der Waals surface area contributed by atoms with Crippen molar-refractivity contribution in [3.8, 4) is 0 Å². The average Bonchev–Trinajstić information content (AvgIpc) is 2.17. The van der Waals surface area contributed by atoms with Gasteiger partial charge in [-0.15, -0.1) is 0 Å². The predicted octanol–water partition coefficient (Wildman–Crippen LogP) is 1.85. The molecule has 94 valence electrons. The number of carbonyl (C=O) groups is 1. The van der Waals surface area contributed by atoms with Gasteiger partial charge in [-0.05, 0) is 32.2 Å². The zero-order valence-electron chi connectivity index (χ0n) is 10.7. The minimum Gasteiger partial charge on any atom is -0.450 e. The van der Waals surface area contributed by atoms with Crippen LogP contribution in [0.3, 0.4) is 0 Å². The molecule has 4 nitrogen and oxygen atoms in total. The monoisotopic (exact) mass is 228 g/mol. The van der Waals surface area contributed by atoms with Crippen molar-refractivity contribution >= 4 is 6.09 Å². The fraction of sp³-hybridized carbons (Fsp3) is 0.917. The molecule has 1 amide bonds. The first-order valence-electron chi connectivity index (χ1n) is 6.27. The zero-order chi connectivity index (χ0) is 12.0. The van der Waals surface area contributed by atoms with Crippen LogP contribution in [0, 0.1) is 5.92 Å². The van der Waals surface area contributed by atoms with Gasteiger partial charge in [-0.1, -0.05) is 13.8 Å². The Kier molecular flexibility index (Phi) is 5.60. The van der Waals surface area contributed by atoms with Crippen LogP contribution in [0.4, 0.5) is 4.79 Å². The molecule has 1 saturated heterocycles. The van der Waals surface area contributed by atoms with Crippen molar-refractivity contribution in [2.75, 3.05) is 26.2 Å². The Balaban J connectivity index is 2.29. The lowest BCUT2D eigenvalue weighted by Crippen LogP contribution is -2.48. The summed E-state index contributed by atoms with van der Waals surface area (Å²) in [6.07, 6.45) is 1.94. The molecule has 1 aliphatic heterocycles. The van der Waals surface area contributed by atoms with Crippen LogP contribution in [0.15, 0.2) is 0 Å². The van der Waals surface area contributed by atoms with Gasteiger partial charge in [0.05, 0.1) is 6.61 Å². The van der Waals surface area contributed by atoms with Gasteiger partial charge in [0.1, 0.15) is 0 Å². The molecule has 1 aliphatic rings. The summed E-state index contributed by atoms with van der Waals surface area (Å²) in [6.45, 7) is 9.93. The zero-order valence-corrected chi connectivity index (χ0v) is 10.7. The van der Waals surface area contributed by atoms with E-state index in [1.165, 1.54) is 0 Å². The summed E-state index contributed by atoms with van der Waals surface area (Å²) in [4.78, 5) is 13.7. The number of rotatable bonds is 4. The summed E-state index contributed by atoms with van der Waals surface area (Å²) in [5, 5.41) is 2.92. The third-order valence-electron chi connectivity index (χ3n) is 2.73. The molecule has 16 heavy (non-hydrogen) atoms. The van der Waals surface area contributed by atoms with E-state index in [1.54, 1.807) is 0 Å². The van der Waals surface area contributed by atoms with E-state index in [-0.39, 0.29) is 12.1 Å². The first-order valence-corrected chi connectivity index (χ1v) is 6.27. The van der Waals surface area contributed by atoms with Gasteiger partial charge in [-0.25, -0.2) is 4.79 Å². The number of alkyl carbamates (subject to hydrolysis) is 1. The number of piperidine rings is 1. The molecule has 0 radical (unpaired) electrons. The highest BCUT2D eigenvalue weighted by Crippen LogP contribution is 2.11. The lowest BCUT2D eigenvalue weighted by molar-refractivity contribution is 0.131. The molecule has 1 rings (SSSR count). The number of ether oxygens (including phenoxy) is 1. The van der Waals surface area contributed by atoms with Gasteiger partial charge in [0, 0.05) is 19.1 Å². The number of likely N-dealkylation sites (tertiary alicyclic amines) is 1. The lowest BCUT2D eigenvalue weighted by atomic mass is 10.0. The molecule has 0 spiro atoms. The smallest absolute Gasteiger partial charge is 0.407 e. The third kappa shape index (κ3) is 4.84. The van der Waals surface area contributed by atoms with Crippen LogP contribution >= 0.6 is 0 Å². The van der Waals surface area contributed by atoms with Crippen molar-refractivity contribution in [2.24, 2.45) is 5.92 Å². The van der Waals surface area contributed by atoms with E-state index in [2.05, 4.69) is 24.1 Å². The van der Waals surface area contributed by atoms with Crippen molar-refractivity contribution < 1.29 is 9.53 Å². The second-order valence-corrected chi connectivity index (χ2v) is 4.86. The summed E-state index contributed by atoms with van der Waals surface area (Å²) < 4.78 is 4.89. The van der Waals surface area contributed by atoms with E-state index < -0.39 is 0 Å². The Morgan fingerprint density at radius 3 is 2.94 bits per heavy atom. The molecule has 0 aliphatic carbocycles. The predicted molar refractivity (Wildman–Crippen MR) is 64.5 cm³/mol. The molecular formula is C12H24N2O2. The maximum atomic E-state index is 11.3. The Bertz CT molecular complexity index is 219. The third-order valence-corrected chi connectivity index (χ3v) is 2.73. The summed E-state index contributed by atoms with van der Waals surface area (Å²) >= 11 is 0. The number of hydrogen-bond donors (Lipinski definition) is 1. The Hall–Kier alpha value is -0.770. The first-order chi connectivity index (χ1) is 7.61. The highest BCUT2D eigenvalue weighted by molar-refractivity contribution is 5.67. The summed E-state index contributed by atoms with van der Waals surface area (Å²) in [5.74, 6) is 0.682. The Morgan fingerprint density at radius 1 is 1.56 bits per heavy atom. The SMILES string of the molecule is CCOC(=O)N[C@@H]1CCCN(CC(C)C)C1. The minimum atomic E-state index is -0.279. The number of nitrogens with one attached hydrogen (secondary N) is 1. The number of nitrogens with zero attached hydrogens (tertiary/aromatic N) is 1. The molecule has 0 saturated carbocycles. The van der Waals surface area contributed by atoms with Gasteiger partial charge in [0.2, 0.25) is 0 Å². The number of carbonyl (C=O) groups excluding carboxylic acids is 1. The van der Waals surface area contributed by atoms with Crippen LogP contribution in [0.2, 0.25) is 0 Å². The van der Waals surface area contributed by atoms with E-state index in [1.807, 2.05) is 6.92 Å². The van der Waals surface area contributed by atoms with E-state index in [4.69, 9.17) is 4.74 Å². The van der Waals surface area contributed by atoms with Gasteiger partial charge >= 0.3 is 6.09 Å². The standard InChI is InChI=1S/C12H24N2O2/c1-4-16-12(15)13-11-6-5-7-14(9-11)8-10(2)3/h10-11H,4-9H2,1-3H3,(H,13,15)/t11-/m1/s1. The van der Waals surface area contributed by atoms with Crippen LogP contribution in [0.5, 0.6) is 0 Å². The van der Waals surface area contributed by atoms with Gasteiger partial charge in [-0.3, -0.25) is 0 Å². The van der Waals surface area contributed by atoms with Crippen LogP contribution in [-0.4, -0.2) is 43.3 Å². The second kappa shape index (κ2) is 6.74. The molecule has 0 aromatic carbocycles. The van der Waals surface area contributed by atoms with E-state index in [9.17, 15) is 4.79 Å². The van der Waals surface area contributed by atoms with E-state index in [0.29, 0.717) is 12.5 Å². The van der Waals surface area contributed by atoms with Gasteiger partial charge in [0.15, 0.2) is 0 Å². The highest BCUT2D eigenvalue weighted by Gasteiger charge is 2.21. The average molecular weight is 228 g/mol. The molecule has 0 bridgehead atoms. The molecular weight excluding hydrogens is 204 g/mol. The minimum absolute atomic E-state index is 0.256. The van der Waals surface area contributed by atoms with Crippen molar-refractivity contribution in [1.29, 1.82) is 0 Å². The summed E-state index contributed by atoms with van der Waals surface area (Å²) in [6, 6.07) is 0.256. The van der Waals surface area contributed by atoms with Gasteiger partial charge < -0.3 is 15.0 Å². The van der Waals surface area contributed by atoms with Crippen LogP contribution in [-0.2, 0) is 4.74 Å². The highest BCUT2D eigenvalue weighted by atomic mass is 16.5. The quantitative estimate of drug-likeness (QED) is 0.798. The largest absolute Gasteiger partial charge is 0.450 e. The van der Waals surface area contributed by atoms with Crippen LogP contribution in [0.25, 0.3) is 0 Å². The summed E-state index contributed by atoms with van der Waals surface area (Å²) in [5.41, 5.74) is 0. The van der Waals surface area contributed by atoms with Crippen molar-refractivity contribution in [3.63, 3.8) is 0 Å². The molecule has 1 atom stereocenters. The molecule has 1 fully saturated rings. The van der Waals surface area contributed by atoms with Crippen molar-refractivity contribution in [1.82, 2.24) is 10.2 Å². The molecule has 1 heterocycles. The normalized spacial score (nSPS) is 22.1. The molecule has 0 aromatic rings.